The summed E-state index contributed by atoms with van der Waals surface area (Å²) in [5.74, 6) is 1.71. The smallest absolute Gasteiger partial charge is 0.191 e. The summed E-state index contributed by atoms with van der Waals surface area (Å²) in [6.07, 6.45) is 3.01. The highest BCUT2D eigenvalue weighted by Crippen LogP contribution is 2.35. The second-order valence-corrected chi connectivity index (χ2v) is 7.52. The standard InChI is InChI=1S/C24H33N3O2.HI/c1-4-19-7-5-6-8-20(19)17-26-23(25-2)27-18-24(13-15-29-16-14-24)21-9-11-22(28-3)12-10-21;/h5-12H,4,13-18H2,1-3H3,(H2,25,26,27);1H. The summed E-state index contributed by atoms with van der Waals surface area (Å²) < 4.78 is 11.0. The Balaban J connectivity index is 0.00000320. The van der Waals surface area contributed by atoms with E-state index in [9.17, 15) is 0 Å². The summed E-state index contributed by atoms with van der Waals surface area (Å²) in [4.78, 5) is 4.44. The van der Waals surface area contributed by atoms with Gasteiger partial charge in [-0.25, -0.2) is 0 Å². The molecule has 0 amide bonds. The molecule has 0 aromatic heterocycles. The minimum absolute atomic E-state index is 0. The van der Waals surface area contributed by atoms with E-state index in [2.05, 4.69) is 58.9 Å². The van der Waals surface area contributed by atoms with Crippen molar-refractivity contribution in [2.45, 2.75) is 38.1 Å². The van der Waals surface area contributed by atoms with E-state index in [1.807, 2.05) is 19.2 Å². The molecular weight excluding hydrogens is 489 g/mol. The Bertz CT molecular complexity index is 802. The van der Waals surface area contributed by atoms with Crippen LogP contribution in [0.1, 0.15) is 36.5 Å². The Labute approximate surface area is 197 Å². The van der Waals surface area contributed by atoms with E-state index in [1.165, 1.54) is 16.7 Å². The quantitative estimate of drug-likeness (QED) is 0.323. The highest BCUT2D eigenvalue weighted by Gasteiger charge is 2.34. The Morgan fingerprint density at radius 2 is 1.70 bits per heavy atom. The number of aliphatic imine (C=N–C) groups is 1. The average molecular weight is 523 g/mol. The Hall–Kier alpha value is -1.80. The van der Waals surface area contributed by atoms with Crippen LogP contribution in [0.3, 0.4) is 0 Å². The van der Waals surface area contributed by atoms with Gasteiger partial charge in [-0.2, -0.15) is 0 Å². The minimum Gasteiger partial charge on any atom is -0.497 e. The van der Waals surface area contributed by atoms with Crippen molar-refractivity contribution in [2.24, 2.45) is 4.99 Å². The van der Waals surface area contributed by atoms with Gasteiger partial charge in [-0.3, -0.25) is 4.99 Å². The molecule has 3 rings (SSSR count). The number of aryl methyl sites for hydroxylation is 1. The van der Waals surface area contributed by atoms with Crippen LogP contribution < -0.4 is 15.4 Å². The molecular formula is C24H34IN3O2. The van der Waals surface area contributed by atoms with Gasteiger partial charge >= 0.3 is 0 Å². The van der Waals surface area contributed by atoms with Gasteiger partial charge < -0.3 is 20.1 Å². The first-order valence-corrected chi connectivity index (χ1v) is 10.4. The van der Waals surface area contributed by atoms with Gasteiger partial charge in [-0.1, -0.05) is 43.3 Å². The molecule has 0 saturated carbocycles. The fourth-order valence-electron chi connectivity index (χ4n) is 4.00. The fourth-order valence-corrected chi connectivity index (χ4v) is 4.00. The molecule has 30 heavy (non-hydrogen) atoms. The van der Waals surface area contributed by atoms with Crippen molar-refractivity contribution in [2.75, 3.05) is 33.9 Å². The van der Waals surface area contributed by atoms with Gasteiger partial charge in [0.15, 0.2) is 5.96 Å². The van der Waals surface area contributed by atoms with Crippen molar-refractivity contribution in [1.82, 2.24) is 10.6 Å². The largest absolute Gasteiger partial charge is 0.497 e. The molecule has 0 bridgehead atoms. The molecule has 2 N–H and O–H groups in total. The third-order valence-corrected chi connectivity index (χ3v) is 5.92. The second kappa shape index (κ2) is 12.2. The molecule has 0 radical (unpaired) electrons. The highest BCUT2D eigenvalue weighted by molar-refractivity contribution is 14.0. The monoisotopic (exact) mass is 523 g/mol. The fraction of sp³-hybridized carbons (Fsp3) is 0.458. The zero-order valence-electron chi connectivity index (χ0n) is 18.2. The molecule has 1 aliphatic rings. The molecule has 0 aliphatic carbocycles. The lowest BCUT2D eigenvalue weighted by Gasteiger charge is -2.38. The van der Waals surface area contributed by atoms with Crippen molar-refractivity contribution in [3.05, 3.63) is 65.2 Å². The molecule has 0 spiro atoms. The summed E-state index contributed by atoms with van der Waals surface area (Å²) in [7, 11) is 3.53. The predicted molar refractivity (Wildman–Crippen MR) is 134 cm³/mol. The minimum atomic E-state index is 0. The molecule has 5 nitrogen and oxygen atoms in total. The lowest BCUT2D eigenvalue weighted by atomic mass is 9.74. The number of hydrogen-bond donors (Lipinski definition) is 2. The number of ether oxygens (including phenoxy) is 2. The maximum absolute atomic E-state index is 5.66. The van der Waals surface area contributed by atoms with Crippen LogP contribution in [0.15, 0.2) is 53.5 Å². The van der Waals surface area contributed by atoms with E-state index < -0.39 is 0 Å². The zero-order valence-corrected chi connectivity index (χ0v) is 20.6. The van der Waals surface area contributed by atoms with Gasteiger partial charge in [-0.15, -0.1) is 24.0 Å². The van der Waals surface area contributed by atoms with E-state index >= 15 is 0 Å². The van der Waals surface area contributed by atoms with E-state index in [-0.39, 0.29) is 29.4 Å². The lowest BCUT2D eigenvalue weighted by molar-refractivity contribution is 0.0513. The first-order chi connectivity index (χ1) is 14.2. The van der Waals surface area contributed by atoms with Gasteiger partial charge in [-0.05, 0) is 48.1 Å². The van der Waals surface area contributed by atoms with Gasteiger partial charge in [0.25, 0.3) is 0 Å². The Kier molecular flexibility index (Phi) is 9.91. The number of methoxy groups -OCH3 is 1. The van der Waals surface area contributed by atoms with Crippen molar-refractivity contribution in [3.8, 4) is 5.75 Å². The van der Waals surface area contributed by atoms with Crippen molar-refractivity contribution in [3.63, 3.8) is 0 Å². The van der Waals surface area contributed by atoms with Crippen LogP contribution in [-0.4, -0.2) is 39.9 Å². The average Bonchev–Trinajstić information content (AvgIpc) is 2.80. The first kappa shape index (κ1) is 24.5. The van der Waals surface area contributed by atoms with Crippen LogP contribution >= 0.6 is 24.0 Å². The zero-order chi connectivity index (χ0) is 20.5. The van der Waals surface area contributed by atoms with Gasteiger partial charge in [0.2, 0.25) is 0 Å². The molecule has 0 unspecified atom stereocenters. The first-order valence-electron chi connectivity index (χ1n) is 10.4. The van der Waals surface area contributed by atoms with Crippen molar-refractivity contribution < 1.29 is 9.47 Å². The third-order valence-electron chi connectivity index (χ3n) is 5.92. The summed E-state index contributed by atoms with van der Waals surface area (Å²) in [6.45, 7) is 5.34. The van der Waals surface area contributed by atoms with Crippen LogP contribution in [0.2, 0.25) is 0 Å². The molecule has 2 aromatic carbocycles. The molecule has 1 saturated heterocycles. The second-order valence-electron chi connectivity index (χ2n) is 7.52. The third kappa shape index (κ3) is 6.11. The SMILES string of the molecule is CCc1ccccc1CNC(=NC)NCC1(c2ccc(OC)cc2)CCOCC1.I. The molecule has 2 aromatic rings. The van der Waals surface area contributed by atoms with Crippen LogP contribution in [0.25, 0.3) is 0 Å². The molecule has 164 valence electrons. The number of benzene rings is 2. The highest BCUT2D eigenvalue weighted by atomic mass is 127. The topological polar surface area (TPSA) is 54.9 Å². The Morgan fingerprint density at radius 3 is 2.30 bits per heavy atom. The Morgan fingerprint density at radius 1 is 1.03 bits per heavy atom. The normalized spacial score (nSPS) is 15.8. The van der Waals surface area contributed by atoms with Crippen molar-refractivity contribution >= 4 is 29.9 Å². The molecule has 6 heteroatoms. The molecule has 1 aliphatic heterocycles. The van der Waals surface area contributed by atoms with Crippen molar-refractivity contribution in [1.29, 1.82) is 0 Å². The van der Waals surface area contributed by atoms with E-state index in [0.717, 1.165) is 57.3 Å². The van der Waals surface area contributed by atoms with E-state index in [4.69, 9.17) is 9.47 Å². The summed E-state index contributed by atoms with van der Waals surface area (Å²) in [5.41, 5.74) is 4.04. The maximum Gasteiger partial charge on any atom is 0.191 e. The number of rotatable bonds is 7. The number of hydrogen-bond acceptors (Lipinski definition) is 3. The van der Waals surface area contributed by atoms with Crippen LogP contribution in [0, 0.1) is 0 Å². The molecule has 0 atom stereocenters. The summed E-state index contributed by atoms with van der Waals surface area (Å²) >= 11 is 0. The van der Waals surface area contributed by atoms with Crippen LogP contribution in [0.5, 0.6) is 5.75 Å². The van der Waals surface area contributed by atoms with E-state index in [1.54, 1.807) is 7.11 Å². The van der Waals surface area contributed by atoms with Gasteiger partial charge in [0.1, 0.15) is 5.75 Å². The van der Waals surface area contributed by atoms with Crippen LogP contribution in [-0.2, 0) is 23.1 Å². The summed E-state index contributed by atoms with van der Waals surface area (Å²) in [6, 6.07) is 17.0. The van der Waals surface area contributed by atoms with Gasteiger partial charge in [0, 0.05) is 38.8 Å². The number of nitrogens with one attached hydrogen (secondary N) is 2. The molecule has 1 fully saturated rings. The van der Waals surface area contributed by atoms with Crippen LogP contribution in [0.4, 0.5) is 0 Å². The predicted octanol–water partition coefficient (Wildman–Crippen LogP) is 4.29. The van der Waals surface area contributed by atoms with E-state index in [0.29, 0.717) is 0 Å². The summed E-state index contributed by atoms with van der Waals surface area (Å²) in [5, 5.41) is 7.04. The number of guanidine groups is 1. The lowest BCUT2D eigenvalue weighted by Crippen LogP contribution is -2.48. The number of nitrogens with zero attached hydrogens (tertiary/aromatic N) is 1. The molecule has 1 heterocycles. The number of halogens is 1. The van der Waals surface area contributed by atoms with Gasteiger partial charge in [0.05, 0.1) is 7.11 Å². The maximum atomic E-state index is 5.66.